The van der Waals surface area contributed by atoms with Gasteiger partial charge in [0.25, 0.3) is 0 Å². The van der Waals surface area contributed by atoms with Gasteiger partial charge in [0.2, 0.25) is 16.6 Å². The number of carboxylic acid groups (broad SMARTS) is 1. The molecule has 0 unspecified atom stereocenters. The Labute approximate surface area is 296 Å². The number of ether oxygens (including phenoxy) is 1. The zero-order valence-corrected chi connectivity index (χ0v) is 27.4. The highest BCUT2D eigenvalue weighted by molar-refractivity contribution is 5.94. The van der Waals surface area contributed by atoms with Gasteiger partial charge in [-0.2, -0.15) is 0 Å². The Kier molecular flexibility index (Phi) is 8.75. The maximum absolute atomic E-state index is 15.5. The quantitative estimate of drug-likeness (QED) is 0.120. The number of fused-ring (bicyclic) bond motifs is 2. The monoisotopic (exact) mass is 729 g/mol. The van der Waals surface area contributed by atoms with Crippen LogP contribution in [0.3, 0.4) is 0 Å². The molecule has 3 heterocycles. The molecule has 0 atom stereocenters. The third-order valence-electron chi connectivity index (χ3n) is 9.05. The number of rotatable bonds is 8. The minimum absolute atomic E-state index is 0.125. The van der Waals surface area contributed by atoms with Crippen LogP contribution in [0.25, 0.3) is 38.9 Å². The number of carbonyl (C=O) groups is 1. The molecule has 0 spiro atoms. The topological polar surface area (TPSA) is 206 Å². The number of nitrogens with zero attached hydrogens (tertiary/aromatic N) is 3. The van der Waals surface area contributed by atoms with E-state index in [0.29, 0.717) is 38.4 Å². The first-order valence-corrected chi connectivity index (χ1v) is 16.1. The molecule has 0 saturated carbocycles. The highest BCUT2D eigenvalue weighted by Crippen LogP contribution is 2.42. The first-order valence-electron chi connectivity index (χ1n) is 16.1. The summed E-state index contributed by atoms with van der Waals surface area (Å²) in [6.07, 6.45) is 1.14. The van der Waals surface area contributed by atoms with Crippen molar-refractivity contribution in [2.75, 3.05) is 44.2 Å². The fourth-order valence-corrected chi connectivity index (χ4v) is 6.33. The molecule has 1 saturated heterocycles. The summed E-state index contributed by atoms with van der Waals surface area (Å²) in [5, 5.41) is 59.7. The van der Waals surface area contributed by atoms with E-state index in [-0.39, 0.29) is 45.5 Å². The molecule has 272 valence electrons. The maximum Gasteiger partial charge on any atom is 0.341 e. The third kappa shape index (κ3) is 6.35. The number of benzene rings is 4. The average Bonchev–Trinajstić information content (AvgIpc) is 3.12. The number of aromatic hydroxyl groups is 5. The summed E-state index contributed by atoms with van der Waals surface area (Å²) in [4.78, 5) is 41.6. The van der Waals surface area contributed by atoms with Crippen molar-refractivity contribution in [3.63, 3.8) is 0 Å². The van der Waals surface area contributed by atoms with Crippen LogP contribution >= 0.6 is 0 Å². The minimum Gasteiger partial charge on any atom is -0.507 e. The van der Waals surface area contributed by atoms with Gasteiger partial charge in [0.1, 0.15) is 46.3 Å². The fourth-order valence-electron chi connectivity index (χ4n) is 6.33. The molecule has 4 aromatic carbocycles. The second-order valence-corrected chi connectivity index (χ2v) is 12.3. The van der Waals surface area contributed by atoms with Gasteiger partial charge in [-0.25, -0.2) is 13.6 Å². The van der Waals surface area contributed by atoms with E-state index in [0.717, 1.165) is 24.4 Å². The predicted octanol–water partition coefficient (Wildman–Crippen LogP) is 4.47. The van der Waals surface area contributed by atoms with Crippen molar-refractivity contribution < 1.29 is 53.4 Å². The fraction of sp³-hybridized carbons (Fsp3) is 0.162. The van der Waals surface area contributed by atoms with Crippen LogP contribution in [0.5, 0.6) is 34.5 Å². The number of halogens is 2. The summed E-state index contributed by atoms with van der Waals surface area (Å²) in [5.41, 5.74) is -1.87. The van der Waals surface area contributed by atoms with Crippen molar-refractivity contribution in [2.45, 2.75) is 0 Å². The number of aromatic carboxylic acids is 1. The smallest absolute Gasteiger partial charge is 0.341 e. The van der Waals surface area contributed by atoms with E-state index < -0.39 is 68.5 Å². The molecule has 6 N–H and O–H groups in total. The van der Waals surface area contributed by atoms with E-state index >= 15 is 4.39 Å². The van der Waals surface area contributed by atoms with Crippen LogP contribution in [0.2, 0.25) is 0 Å². The van der Waals surface area contributed by atoms with Gasteiger partial charge in [-0.1, -0.05) is 0 Å². The number of phenolic OH excluding ortho intramolecular Hbond substituents is 4. The highest BCUT2D eigenvalue weighted by atomic mass is 19.1. The summed E-state index contributed by atoms with van der Waals surface area (Å²) in [7, 11) is 0. The van der Waals surface area contributed by atoms with E-state index in [9.17, 15) is 49.4 Å². The van der Waals surface area contributed by atoms with Crippen molar-refractivity contribution in [1.82, 2.24) is 9.47 Å². The van der Waals surface area contributed by atoms with Gasteiger partial charge in [-0.3, -0.25) is 14.5 Å². The molecule has 2 aromatic heterocycles. The van der Waals surface area contributed by atoms with Gasteiger partial charge in [0.15, 0.2) is 23.0 Å². The Morgan fingerprint density at radius 3 is 2.15 bits per heavy atom. The number of hydrogen-bond donors (Lipinski definition) is 6. The molecule has 0 aliphatic carbocycles. The van der Waals surface area contributed by atoms with E-state index in [4.69, 9.17) is 9.15 Å². The lowest BCUT2D eigenvalue weighted by atomic mass is 10.1. The van der Waals surface area contributed by atoms with Gasteiger partial charge >= 0.3 is 5.97 Å². The van der Waals surface area contributed by atoms with Gasteiger partial charge < -0.3 is 49.3 Å². The van der Waals surface area contributed by atoms with Gasteiger partial charge in [-0.15, -0.1) is 0 Å². The number of phenols is 4. The maximum atomic E-state index is 15.5. The summed E-state index contributed by atoms with van der Waals surface area (Å²) in [6, 6.07) is 12.2. The van der Waals surface area contributed by atoms with Crippen LogP contribution < -0.4 is 20.5 Å². The molecular weight excluding hydrogens is 700 g/mol. The summed E-state index contributed by atoms with van der Waals surface area (Å²) < 4.78 is 42.1. The number of hydrogen-bond acceptors (Lipinski definition) is 12. The molecule has 7 rings (SSSR count). The lowest BCUT2D eigenvalue weighted by molar-refractivity contribution is 0.0695. The van der Waals surface area contributed by atoms with Crippen LogP contribution in [0.15, 0.2) is 80.9 Å². The highest BCUT2D eigenvalue weighted by Gasteiger charge is 2.24. The van der Waals surface area contributed by atoms with Crippen molar-refractivity contribution in [3.05, 3.63) is 105 Å². The number of piperazine rings is 1. The zero-order valence-electron chi connectivity index (χ0n) is 27.4. The molecule has 0 bridgehead atoms. The summed E-state index contributed by atoms with van der Waals surface area (Å²) in [6.45, 7) is 2.26. The largest absolute Gasteiger partial charge is 0.507 e. The first kappa shape index (κ1) is 34.6. The second-order valence-electron chi connectivity index (χ2n) is 12.3. The first-order chi connectivity index (χ1) is 25.3. The van der Waals surface area contributed by atoms with Gasteiger partial charge in [-0.05, 0) is 48.5 Å². The molecule has 1 aliphatic heterocycles. The Bertz CT molecular complexity index is 2540. The van der Waals surface area contributed by atoms with E-state index in [1.165, 1.54) is 47.0 Å². The predicted molar refractivity (Wildman–Crippen MR) is 187 cm³/mol. The van der Waals surface area contributed by atoms with Crippen molar-refractivity contribution >= 4 is 33.5 Å². The van der Waals surface area contributed by atoms with Gasteiger partial charge in [0.05, 0.1) is 11.2 Å². The molecule has 0 amide bonds. The zero-order chi connectivity index (χ0) is 37.7. The average molecular weight is 730 g/mol. The minimum atomic E-state index is -1.48. The standard InChI is InChI=1S/C37H29F2N3O11/c38-19-1-3-20(4-2-19)42-17-23(37(50)51)32(46)22-15-24(39)26(16-25(22)42)41-7-5-40(6-8-41)9-10-52-21-13-27(43)31-30(14-21)53-36(35(49)34(31)48)18-11-28(44)33(47)29(45)12-18/h1-4,11-17,43-45,47,49H,5-10H2,(H,50,51). The third-order valence-corrected chi connectivity index (χ3v) is 9.05. The SMILES string of the molecule is O=C(O)c1cn(-c2ccc(F)cc2)c2cc(N3CCN(CCOc4cc(O)c5c(=O)c(O)c(-c6cc(O)c(O)c(O)c6)oc5c4)CC3)c(F)cc2c1=O. The Morgan fingerprint density at radius 2 is 1.49 bits per heavy atom. The van der Waals surface area contributed by atoms with Crippen LogP contribution in [0.4, 0.5) is 14.5 Å². The lowest BCUT2D eigenvalue weighted by Crippen LogP contribution is -2.47. The van der Waals surface area contributed by atoms with Crippen LogP contribution in [0.1, 0.15) is 10.4 Å². The van der Waals surface area contributed by atoms with Crippen molar-refractivity contribution in [1.29, 1.82) is 0 Å². The molecule has 6 aromatic rings. The summed E-state index contributed by atoms with van der Waals surface area (Å²) >= 11 is 0. The number of pyridine rings is 1. The van der Waals surface area contributed by atoms with E-state index in [2.05, 4.69) is 0 Å². The van der Waals surface area contributed by atoms with E-state index in [1.54, 1.807) is 4.90 Å². The van der Waals surface area contributed by atoms with Crippen LogP contribution in [-0.2, 0) is 0 Å². The molecule has 14 nitrogen and oxygen atoms in total. The molecule has 1 aliphatic rings. The van der Waals surface area contributed by atoms with E-state index in [1.807, 2.05) is 4.90 Å². The molecule has 16 heteroatoms. The van der Waals surface area contributed by atoms with Gasteiger partial charge in [0, 0.05) is 67.7 Å². The molecule has 53 heavy (non-hydrogen) atoms. The molecular formula is C37H29F2N3O11. The number of carboxylic acids is 1. The van der Waals surface area contributed by atoms with Crippen molar-refractivity contribution in [2.24, 2.45) is 0 Å². The Morgan fingerprint density at radius 1 is 0.811 bits per heavy atom. The lowest BCUT2D eigenvalue weighted by Gasteiger charge is -2.36. The van der Waals surface area contributed by atoms with Crippen LogP contribution in [0, 0.1) is 11.6 Å². The molecule has 1 fully saturated rings. The number of aromatic nitrogens is 1. The Hall–Kier alpha value is -6.81. The second kappa shape index (κ2) is 13.4. The van der Waals surface area contributed by atoms with Crippen molar-refractivity contribution in [3.8, 4) is 51.5 Å². The normalized spacial score (nSPS) is 13.5. The summed E-state index contributed by atoms with van der Waals surface area (Å²) in [5.74, 6) is -6.70. The Balaban J connectivity index is 1.07. The molecule has 0 radical (unpaired) electrons. The number of anilines is 1. The van der Waals surface area contributed by atoms with Crippen LogP contribution in [-0.4, -0.2) is 85.4 Å².